The summed E-state index contributed by atoms with van der Waals surface area (Å²) in [5, 5.41) is 6.93. The number of guanidine groups is 1. The number of nitrogens with one attached hydrogen (secondary N) is 2. The van der Waals surface area contributed by atoms with Crippen LogP contribution in [0.4, 0.5) is 0 Å². The quantitative estimate of drug-likeness (QED) is 0.246. The van der Waals surface area contributed by atoms with Crippen molar-refractivity contribution in [2.45, 2.75) is 45.6 Å². The van der Waals surface area contributed by atoms with E-state index in [1.54, 1.807) is 7.11 Å². The third kappa shape index (κ3) is 6.95. The molecule has 0 aromatic heterocycles. The van der Waals surface area contributed by atoms with E-state index in [4.69, 9.17) is 9.47 Å². The highest BCUT2D eigenvalue weighted by atomic mass is 127. The molecule has 1 saturated carbocycles. The average molecular weight is 475 g/mol. The van der Waals surface area contributed by atoms with Gasteiger partial charge in [0.1, 0.15) is 5.75 Å². The Morgan fingerprint density at radius 1 is 1.19 bits per heavy atom. The van der Waals surface area contributed by atoms with E-state index in [1.165, 1.54) is 25.7 Å². The van der Waals surface area contributed by atoms with E-state index in [0.717, 1.165) is 43.5 Å². The van der Waals surface area contributed by atoms with E-state index in [2.05, 4.69) is 28.6 Å². The fourth-order valence-electron chi connectivity index (χ4n) is 3.59. The molecule has 0 bridgehead atoms. The maximum absolute atomic E-state index is 5.60. The van der Waals surface area contributed by atoms with Gasteiger partial charge in [0.05, 0.1) is 7.11 Å². The van der Waals surface area contributed by atoms with Gasteiger partial charge in [0, 0.05) is 38.9 Å². The Hall–Kier alpha value is -1.02. The van der Waals surface area contributed by atoms with Crippen LogP contribution in [0.15, 0.2) is 29.3 Å². The van der Waals surface area contributed by atoms with E-state index in [-0.39, 0.29) is 24.0 Å². The number of hydrogen-bond acceptors (Lipinski definition) is 3. The molecule has 0 amide bonds. The maximum Gasteiger partial charge on any atom is 0.191 e. The van der Waals surface area contributed by atoms with Crippen LogP contribution in [0.1, 0.15) is 44.6 Å². The van der Waals surface area contributed by atoms with Crippen molar-refractivity contribution >= 4 is 29.9 Å². The van der Waals surface area contributed by atoms with Crippen molar-refractivity contribution in [3.63, 3.8) is 0 Å². The molecule has 0 atom stereocenters. The predicted octanol–water partition coefficient (Wildman–Crippen LogP) is 3.97. The number of para-hydroxylation sites is 1. The second-order valence-electron chi connectivity index (χ2n) is 6.75. The van der Waals surface area contributed by atoms with E-state index < -0.39 is 0 Å². The van der Waals surface area contributed by atoms with Crippen LogP contribution >= 0.6 is 24.0 Å². The van der Waals surface area contributed by atoms with Crippen molar-refractivity contribution < 1.29 is 9.47 Å². The van der Waals surface area contributed by atoms with Crippen molar-refractivity contribution in [1.82, 2.24) is 10.6 Å². The van der Waals surface area contributed by atoms with Crippen LogP contribution in [0.3, 0.4) is 0 Å². The van der Waals surface area contributed by atoms with Crippen LogP contribution in [0, 0.1) is 5.41 Å². The Labute approximate surface area is 175 Å². The summed E-state index contributed by atoms with van der Waals surface area (Å²) in [6.07, 6.45) is 6.31. The van der Waals surface area contributed by atoms with Gasteiger partial charge < -0.3 is 20.1 Å². The van der Waals surface area contributed by atoms with E-state index in [1.807, 2.05) is 25.2 Å². The lowest BCUT2D eigenvalue weighted by molar-refractivity contribution is 0.105. The summed E-state index contributed by atoms with van der Waals surface area (Å²) < 4.78 is 11.0. The van der Waals surface area contributed by atoms with Gasteiger partial charge in [-0.05, 0) is 37.7 Å². The van der Waals surface area contributed by atoms with Gasteiger partial charge in [0.25, 0.3) is 0 Å². The lowest BCUT2D eigenvalue weighted by atomic mass is 9.83. The van der Waals surface area contributed by atoms with Crippen molar-refractivity contribution in [2.75, 3.05) is 33.9 Å². The van der Waals surface area contributed by atoms with Crippen LogP contribution in [-0.4, -0.2) is 39.9 Å². The molecule has 0 spiro atoms. The summed E-state index contributed by atoms with van der Waals surface area (Å²) in [7, 11) is 3.52. The second kappa shape index (κ2) is 12.4. The molecule has 0 radical (unpaired) electrons. The summed E-state index contributed by atoms with van der Waals surface area (Å²) in [6.45, 7) is 5.35. The molecule has 148 valence electrons. The van der Waals surface area contributed by atoms with Crippen molar-refractivity contribution in [3.8, 4) is 5.75 Å². The minimum atomic E-state index is 0. The number of methoxy groups -OCH3 is 1. The molecular formula is C20H34IN3O2. The third-order valence-electron chi connectivity index (χ3n) is 5.14. The van der Waals surface area contributed by atoms with Crippen molar-refractivity contribution in [3.05, 3.63) is 29.8 Å². The Bertz CT molecular complexity index is 546. The van der Waals surface area contributed by atoms with E-state index >= 15 is 0 Å². The van der Waals surface area contributed by atoms with Crippen molar-refractivity contribution in [2.24, 2.45) is 10.4 Å². The van der Waals surface area contributed by atoms with Gasteiger partial charge in [0.15, 0.2) is 5.96 Å². The second-order valence-corrected chi connectivity index (χ2v) is 6.75. The molecule has 1 aliphatic carbocycles. The number of aliphatic imine (C=N–C) groups is 1. The monoisotopic (exact) mass is 475 g/mol. The highest BCUT2D eigenvalue weighted by Crippen LogP contribution is 2.40. The SMILES string of the molecule is CCOCCC1(CNC(=NC)NCc2ccccc2OC)CCCC1.I. The van der Waals surface area contributed by atoms with E-state index in [9.17, 15) is 0 Å². The molecule has 0 aliphatic heterocycles. The lowest BCUT2D eigenvalue weighted by Crippen LogP contribution is -2.43. The number of hydrogen-bond donors (Lipinski definition) is 2. The molecule has 5 nitrogen and oxygen atoms in total. The molecule has 2 rings (SSSR count). The molecule has 1 aromatic rings. The molecule has 0 heterocycles. The largest absolute Gasteiger partial charge is 0.496 e. The van der Waals surface area contributed by atoms with Gasteiger partial charge >= 0.3 is 0 Å². The number of ether oxygens (including phenoxy) is 2. The summed E-state index contributed by atoms with van der Waals surface area (Å²) in [4.78, 5) is 4.37. The molecule has 1 fully saturated rings. The average Bonchev–Trinajstić information content (AvgIpc) is 3.11. The fraction of sp³-hybridized carbons (Fsp3) is 0.650. The molecular weight excluding hydrogens is 441 g/mol. The molecule has 2 N–H and O–H groups in total. The molecule has 1 aliphatic rings. The zero-order chi connectivity index (χ0) is 18.0. The summed E-state index contributed by atoms with van der Waals surface area (Å²) in [6, 6.07) is 8.06. The zero-order valence-electron chi connectivity index (χ0n) is 16.3. The normalized spacial score (nSPS) is 16.0. The van der Waals surface area contributed by atoms with Gasteiger partial charge in [-0.2, -0.15) is 0 Å². The van der Waals surface area contributed by atoms with Crippen molar-refractivity contribution in [1.29, 1.82) is 0 Å². The number of rotatable bonds is 9. The molecule has 26 heavy (non-hydrogen) atoms. The van der Waals surface area contributed by atoms with Gasteiger partial charge in [0.2, 0.25) is 0 Å². The first kappa shape index (κ1) is 23.0. The Balaban J connectivity index is 0.00000338. The van der Waals surface area contributed by atoms with Gasteiger partial charge in [-0.3, -0.25) is 4.99 Å². The molecule has 0 saturated heterocycles. The standard InChI is InChI=1S/C20H33N3O2.HI/c1-4-25-14-13-20(11-7-8-12-20)16-23-19(21-2)22-15-17-9-5-6-10-18(17)24-3;/h5-6,9-10H,4,7-8,11-16H2,1-3H3,(H2,21,22,23);1H. The first-order valence-electron chi connectivity index (χ1n) is 9.37. The Morgan fingerprint density at radius 3 is 2.58 bits per heavy atom. The smallest absolute Gasteiger partial charge is 0.191 e. The number of halogens is 1. The van der Waals surface area contributed by atoms with Crippen LogP contribution in [0.2, 0.25) is 0 Å². The van der Waals surface area contributed by atoms with E-state index in [0.29, 0.717) is 12.0 Å². The number of benzene rings is 1. The van der Waals surface area contributed by atoms with Crippen LogP contribution < -0.4 is 15.4 Å². The number of nitrogens with zero attached hydrogens (tertiary/aromatic N) is 1. The van der Waals surface area contributed by atoms with Gasteiger partial charge in [-0.1, -0.05) is 31.0 Å². The highest BCUT2D eigenvalue weighted by molar-refractivity contribution is 14.0. The van der Waals surface area contributed by atoms with Crippen LogP contribution in [0.25, 0.3) is 0 Å². The highest BCUT2D eigenvalue weighted by Gasteiger charge is 2.33. The maximum atomic E-state index is 5.60. The first-order chi connectivity index (χ1) is 12.2. The van der Waals surface area contributed by atoms with Gasteiger partial charge in [-0.25, -0.2) is 0 Å². The van der Waals surface area contributed by atoms with Gasteiger partial charge in [-0.15, -0.1) is 24.0 Å². The summed E-state index contributed by atoms with van der Waals surface area (Å²) in [5.74, 6) is 1.74. The third-order valence-corrected chi connectivity index (χ3v) is 5.14. The minimum Gasteiger partial charge on any atom is -0.496 e. The predicted molar refractivity (Wildman–Crippen MR) is 119 cm³/mol. The first-order valence-corrected chi connectivity index (χ1v) is 9.37. The van der Waals surface area contributed by atoms with Crippen LogP contribution in [-0.2, 0) is 11.3 Å². The Kier molecular flexibility index (Phi) is 11.0. The summed E-state index contributed by atoms with van der Waals surface area (Å²) >= 11 is 0. The minimum absolute atomic E-state index is 0. The topological polar surface area (TPSA) is 54.9 Å². The molecule has 0 unspecified atom stereocenters. The molecule has 1 aromatic carbocycles. The molecule has 6 heteroatoms. The van der Waals surface area contributed by atoms with Crippen LogP contribution in [0.5, 0.6) is 5.75 Å². The Morgan fingerprint density at radius 2 is 1.92 bits per heavy atom. The fourth-order valence-corrected chi connectivity index (χ4v) is 3.59. The summed E-state index contributed by atoms with van der Waals surface area (Å²) in [5.41, 5.74) is 1.47. The lowest BCUT2D eigenvalue weighted by Gasteiger charge is -2.30. The zero-order valence-corrected chi connectivity index (χ0v) is 18.7.